The molecule has 102 valence electrons. The summed E-state index contributed by atoms with van der Waals surface area (Å²) in [6.45, 7) is 3.79. The van der Waals surface area contributed by atoms with Gasteiger partial charge >= 0.3 is 0 Å². The Labute approximate surface area is 127 Å². The van der Waals surface area contributed by atoms with Crippen LogP contribution in [0.1, 0.15) is 34.0 Å². The van der Waals surface area contributed by atoms with E-state index in [0.717, 1.165) is 16.7 Å². The lowest BCUT2D eigenvalue weighted by molar-refractivity contribution is 0.104. The molecule has 2 nitrogen and oxygen atoms in total. The lowest BCUT2D eigenvalue weighted by Gasteiger charge is -2.14. The van der Waals surface area contributed by atoms with Gasteiger partial charge in [0.05, 0.1) is 10.6 Å². The first-order valence-electron chi connectivity index (χ1n) is 6.35. The second-order valence-electron chi connectivity index (χ2n) is 4.89. The van der Waals surface area contributed by atoms with E-state index in [1.165, 1.54) is 0 Å². The predicted molar refractivity (Wildman–Crippen MR) is 81.1 cm³/mol. The van der Waals surface area contributed by atoms with Gasteiger partial charge in [-0.05, 0) is 42.2 Å². The van der Waals surface area contributed by atoms with Crippen LogP contribution in [-0.4, -0.2) is 10.9 Å². The standard InChI is InChI=1S/C16H12Cl2O2/c1-3-9-7(2)14(18)12-10-5-4-8(17)6-11(10)16(20)13(12)15(9)19/h4-6,19H,3H2,1-2H3. The molecule has 2 aromatic rings. The molecular weight excluding hydrogens is 295 g/mol. The average Bonchev–Trinajstić information content (AvgIpc) is 2.70. The summed E-state index contributed by atoms with van der Waals surface area (Å²) in [6, 6.07) is 5.12. The highest BCUT2D eigenvalue weighted by Crippen LogP contribution is 2.48. The SMILES string of the molecule is CCc1c(C)c(Cl)c2c(c1O)C(=O)c1cc(Cl)ccc1-2. The Morgan fingerprint density at radius 1 is 1.15 bits per heavy atom. The number of ketones is 1. The Hall–Kier alpha value is -1.51. The molecular formula is C16H12Cl2O2. The number of fused-ring (bicyclic) bond motifs is 3. The lowest BCUT2D eigenvalue weighted by atomic mass is 9.95. The van der Waals surface area contributed by atoms with Gasteiger partial charge in [0.2, 0.25) is 0 Å². The van der Waals surface area contributed by atoms with Gasteiger partial charge in [0.1, 0.15) is 5.75 Å². The number of benzene rings is 2. The summed E-state index contributed by atoms with van der Waals surface area (Å²) in [4.78, 5) is 12.5. The van der Waals surface area contributed by atoms with Crippen LogP contribution in [0.3, 0.4) is 0 Å². The van der Waals surface area contributed by atoms with Crippen molar-refractivity contribution in [2.24, 2.45) is 0 Å². The van der Waals surface area contributed by atoms with Crippen molar-refractivity contribution < 1.29 is 9.90 Å². The molecule has 0 saturated carbocycles. The van der Waals surface area contributed by atoms with Crippen molar-refractivity contribution >= 4 is 29.0 Å². The maximum atomic E-state index is 12.5. The Bertz CT molecular complexity index is 764. The summed E-state index contributed by atoms with van der Waals surface area (Å²) < 4.78 is 0. The van der Waals surface area contributed by atoms with Crippen molar-refractivity contribution in [2.75, 3.05) is 0 Å². The van der Waals surface area contributed by atoms with Crippen molar-refractivity contribution in [2.45, 2.75) is 20.3 Å². The summed E-state index contributed by atoms with van der Waals surface area (Å²) in [5, 5.41) is 11.4. The number of aromatic hydroxyl groups is 1. The molecule has 2 aromatic carbocycles. The van der Waals surface area contributed by atoms with Crippen LogP contribution in [0, 0.1) is 6.92 Å². The van der Waals surface area contributed by atoms with E-state index in [2.05, 4.69) is 0 Å². The zero-order chi connectivity index (χ0) is 14.6. The summed E-state index contributed by atoms with van der Waals surface area (Å²) in [7, 11) is 0. The van der Waals surface area contributed by atoms with Crippen LogP contribution in [0.5, 0.6) is 5.75 Å². The Morgan fingerprint density at radius 3 is 2.50 bits per heavy atom. The number of hydrogen-bond donors (Lipinski definition) is 1. The minimum atomic E-state index is -0.216. The maximum Gasteiger partial charge on any atom is 0.198 e. The van der Waals surface area contributed by atoms with Gasteiger partial charge in [0.15, 0.2) is 5.78 Å². The molecule has 0 aromatic heterocycles. The fraction of sp³-hybridized carbons (Fsp3) is 0.188. The van der Waals surface area contributed by atoms with Crippen molar-refractivity contribution in [3.8, 4) is 16.9 Å². The molecule has 0 radical (unpaired) electrons. The lowest BCUT2D eigenvalue weighted by Crippen LogP contribution is -2.00. The van der Waals surface area contributed by atoms with Gasteiger partial charge in [0, 0.05) is 16.1 Å². The number of phenols is 1. The number of carbonyl (C=O) groups is 1. The number of rotatable bonds is 1. The molecule has 0 heterocycles. The van der Waals surface area contributed by atoms with Gasteiger partial charge in [-0.25, -0.2) is 0 Å². The van der Waals surface area contributed by atoms with E-state index < -0.39 is 0 Å². The van der Waals surface area contributed by atoms with Crippen LogP contribution in [0.15, 0.2) is 18.2 Å². The number of halogens is 2. The van der Waals surface area contributed by atoms with E-state index in [0.29, 0.717) is 33.2 Å². The third-order valence-electron chi connectivity index (χ3n) is 3.85. The molecule has 0 unspecified atom stereocenters. The molecule has 0 spiro atoms. The largest absolute Gasteiger partial charge is 0.507 e. The van der Waals surface area contributed by atoms with Crippen LogP contribution in [0.25, 0.3) is 11.1 Å². The quantitative estimate of drug-likeness (QED) is 0.702. The van der Waals surface area contributed by atoms with Gasteiger partial charge < -0.3 is 5.11 Å². The Morgan fingerprint density at radius 2 is 1.85 bits per heavy atom. The van der Waals surface area contributed by atoms with Gasteiger partial charge in [0.25, 0.3) is 0 Å². The molecule has 1 aliphatic carbocycles. The molecule has 0 fully saturated rings. The van der Waals surface area contributed by atoms with Crippen molar-refractivity contribution in [3.63, 3.8) is 0 Å². The zero-order valence-electron chi connectivity index (χ0n) is 11.1. The van der Waals surface area contributed by atoms with Gasteiger partial charge in [-0.3, -0.25) is 4.79 Å². The predicted octanol–water partition coefficient (Wildman–Crippen LogP) is 4.78. The third-order valence-corrected chi connectivity index (χ3v) is 4.56. The monoisotopic (exact) mass is 306 g/mol. The highest BCUT2D eigenvalue weighted by molar-refractivity contribution is 6.38. The van der Waals surface area contributed by atoms with E-state index in [1.807, 2.05) is 13.8 Å². The first-order valence-corrected chi connectivity index (χ1v) is 7.11. The minimum absolute atomic E-state index is 0.0433. The maximum absolute atomic E-state index is 12.5. The zero-order valence-corrected chi connectivity index (χ0v) is 12.6. The van der Waals surface area contributed by atoms with E-state index in [-0.39, 0.29) is 11.5 Å². The van der Waals surface area contributed by atoms with Crippen LogP contribution in [0.2, 0.25) is 10.0 Å². The fourth-order valence-corrected chi connectivity index (χ4v) is 3.32. The summed E-state index contributed by atoms with van der Waals surface area (Å²) in [5.41, 5.74) is 3.70. The van der Waals surface area contributed by atoms with Crippen LogP contribution >= 0.6 is 23.2 Å². The highest BCUT2D eigenvalue weighted by atomic mass is 35.5. The molecule has 20 heavy (non-hydrogen) atoms. The normalized spacial score (nSPS) is 12.5. The van der Waals surface area contributed by atoms with Gasteiger partial charge in [-0.15, -0.1) is 0 Å². The second-order valence-corrected chi connectivity index (χ2v) is 5.70. The first kappa shape index (κ1) is 13.5. The summed E-state index contributed by atoms with van der Waals surface area (Å²) >= 11 is 12.4. The molecule has 0 saturated heterocycles. The van der Waals surface area contributed by atoms with E-state index in [1.54, 1.807) is 18.2 Å². The number of hydrogen-bond acceptors (Lipinski definition) is 2. The molecule has 0 bridgehead atoms. The van der Waals surface area contributed by atoms with E-state index >= 15 is 0 Å². The van der Waals surface area contributed by atoms with Crippen LogP contribution in [-0.2, 0) is 6.42 Å². The van der Waals surface area contributed by atoms with E-state index in [4.69, 9.17) is 23.2 Å². The molecule has 4 heteroatoms. The molecule has 3 rings (SSSR count). The Kier molecular flexibility index (Phi) is 3.03. The number of phenolic OH excluding ortho intramolecular Hbond substituents is 1. The van der Waals surface area contributed by atoms with Crippen molar-refractivity contribution in [3.05, 3.63) is 50.5 Å². The van der Waals surface area contributed by atoms with Gasteiger partial charge in [-0.1, -0.05) is 36.2 Å². The molecule has 0 amide bonds. The summed E-state index contributed by atoms with van der Waals surface area (Å²) in [6.07, 6.45) is 0.620. The topological polar surface area (TPSA) is 37.3 Å². The molecule has 0 atom stereocenters. The van der Waals surface area contributed by atoms with Gasteiger partial charge in [-0.2, -0.15) is 0 Å². The summed E-state index contributed by atoms with van der Waals surface area (Å²) in [5.74, 6) is -0.173. The Balaban J connectivity index is 2.44. The fourth-order valence-electron chi connectivity index (χ4n) is 2.84. The van der Waals surface area contributed by atoms with Crippen molar-refractivity contribution in [1.82, 2.24) is 0 Å². The minimum Gasteiger partial charge on any atom is -0.507 e. The third kappa shape index (κ3) is 1.62. The average molecular weight is 307 g/mol. The van der Waals surface area contributed by atoms with Crippen molar-refractivity contribution in [1.29, 1.82) is 0 Å². The van der Waals surface area contributed by atoms with Crippen LogP contribution in [0.4, 0.5) is 0 Å². The number of carbonyl (C=O) groups excluding carboxylic acids is 1. The highest BCUT2D eigenvalue weighted by Gasteiger charge is 2.34. The van der Waals surface area contributed by atoms with E-state index in [9.17, 15) is 9.90 Å². The molecule has 1 N–H and O–H groups in total. The second kappa shape index (κ2) is 4.51. The smallest absolute Gasteiger partial charge is 0.198 e. The first-order chi connectivity index (χ1) is 9.47. The molecule has 0 aliphatic heterocycles. The van der Waals surface area contributed by atoms with Crippen LogP contribution < -0.4 is 0 Å². The molecule has 1 aliphatic rings.